The summed E-state index contributed by atoms with van der Waals surface area (Å²) < 4.78 is 16.3. The number of methoxy groups -OCH3 is 1. The average Bonchev–Trinajstić information content (AvgIpc) is 3.21. The lowest BCUT2D eigenvalue weighted by atomic mass is 10.2. The maximum atomic E-state index is 13.0. The molecule has 4 rings (SSSR count). The molecule has 30 heavy (non-hydrogen) atoms. The molecule has 1 aliphatic heterocycles. The molecule has 0 unspecified atom stereocenters. The van der Waals surface area contributed by atoms with Gasteiger partial charge in [0.15, 0.2) is 17.2 Å². The van der Waals surface area contributed by atoms with Crippen molar-refractivity contribution in [2.24, 2.45) is 0 Å². The number of aromatic nitrogens is 2. The molecule has 2 amide bonds. The van der Waals surface area contributed by atoms with Crippen molar-refractivity contribution in [3.05, 3.63) is 42.1 Å². The van der Waals surface area contributed by atoms with E-state index in [1.54, 1.807) is 43.5 Å². The Kier molecular flexibility index (Phi) is 5.42. The van der Waals surface area contributed by atoms with Gasteiger partial charge in [-0.2, -0.15) is 5.10 Å². The Morgan fingerprint density at radius 1 is 1.20 bits per heavy atom. The van der Waals surface area contributed by atoms with Crippen LogP contribution in [0.3, 0.4) is 0 Å². The molecule has 0 fully saturated rings. The van der Waals surface area contributed by atoms with Gasteiger partial charge < -0.3 is 24.4 Å². The van der Waals surface area contributed by atoms with E-state index in [4.69, 9.17) is 14.2 Å². The zero-order chi connectivity index (χ0) is 21.1. The monoisotopic (exact) mass is 410 g/mol. The van der Waals surface area contributed by atoms with E-state index in [9.17, 15) is 9.59 Å². The number of carbonyl (C=O) groups excluding carboxylic acids is 2. The van der Waals surface area contributed by atoms with Gasteiger partial charge in [-0.1, -0.05) is 12.1 Å². The molecule has 0 saturated carbocycles. The SMILES string of the molecule is CCN(CC(=O)Nc1ccc2c(c1)OCCO2)C(=O)c1n[nH]c2c(OC)cccc12. The summed E-state index contributed by atoms with van der Waals surface area (Å²) in [5.41, 5.74) is 1.46. The van der Waals surface area contributed by atoms with E-state index >= 15 is 0 Å². The minimum Gasteiger partial charge on any atom is -0.494 e. The lowest BCUT2D eigenvalue weighted by Gasteiger charge is -2.21. The Hall–Kier alpha value is -3.75. The van der Waals surface area contributed by atoms with Gasteiger partial charge in [0, 0.05) is 23.7 Å². The molecule has 0 atom stereocenters. The summed E-state index contributed by atoms with van der Waals surface area (Å²) in [7, 11) is 1.55. The number of fused-ring (bicyclic) bond motifs is 2. The zero-order valence-corrected chi connectivity index (χ0v) is 16.7. The summed E-state index contributed by atoms with van der Waals surface area (Å²) in [6, 6.07) is 10.5. The van der Waals surface area contributed by atoms with Gasteiger partial charge in [-0.15, -0.1) is 0 Å². The lowest BCUT2D eigenvalue weighted by Crippen LogP contribution is -2.38. The fourth-order valence-corrected chi connectivity index (χ4v) is 3.32. The zero-order valence-electron chi connectivity index (χ0n) is 16.7. The van der Waals surface area contributed by atoms with Gasteiger partial charge in [-0.25, -0.2) is 0 Å². The van der Waals surface area contributed by atoms with Crippen molar-refractivity contribution in [1.82, 2.24) is 15.1 Å². The number of hydrogen-bond donors (Lipinski definition) is 2. The van der Waals surface area contributed by atoms with Crippen LogP contribution in [0.15, 0.2) is 36.4 Å². The summed E-state index contributed by atoms with van der Waals surface area (Å²) in [5.74, 6) is 1.16. The number of aromatic amines is 1. The van der Waals surface area contributed by atoms with Crippen LogP contribution in [0.25, 0.3) is 10.9 Å². The van der Waals surface area contributed by atoms with Gasteiger partial charge >= 0.3 is 0 Å². The maximum absolute atomic E-state index is 13.0. The molecule has 156 valence electrons. The molecule has 0 radical (unpaired) electrons. The molecule has 2 aromatic carbocycles. The first-order valence-electron chi connectivity index (χ1n) is 9.60. The van der Waals surface area contributed by atoms with Gasteiger partial charge in [0.1, 0.15) is 31.0 Å². The van der Waals surface area contributed by atoms with Gasteiger partial charge in [-0.05, 0) is 25.1 Å². The Labute approximate surface area is 172 Å². The van der Waals surface area contributed by atoms with Crippen molar-refractivity contribution in [2.75, 3.05) is 38.7 Å². The standard InChI is InChI=1S/C21H22N4O5/c1-3-25(21(27)20-14-5-4-6-16(28-2)19(14)23-24-20)12-18(26)22-13-7-8-15-17(11-13)30-10-9-29-15/h4-8,11H,3,9-10,12H2,1-2H3,(H,22,26)(H,23,24). The topological polar surface area (TPSA) is 106 Å². The Morgan fingerprint density at radius 2 is 2.00 bits per heavy atom. The quantitative estimate of drug-likeness (QED) is 0.647. The van der Waals surface area contributed by atoms with Crippen molar-refractivity contribution >= 4 is 28.4 Å². The third-order valence-corrected chi connectivity index (χ3v) is 4.81. The van der Waals surface area contributed by atoms with Crippen LogP contribution < -0.4 is 19.5 Å². The van der Waals surface area contributed by atoms with Crippen LogP contribution in [-0.2, 0) is 4.79 Å². The molecule has 1 aromatic heterocycles. The number of rotatable bonds is 6. The van der Waals surface area contributed by atoms with E-state index in [1.807, 2.05) is 6.92 Å². The number of carbonyl (C=O) groups is 2. The first kappa shape index (κ1) is 19.6. The van der Waals surface area contributed by atoms with Gasteiger partial charge in [0.05, 0.1) is 7.11 Å². The van der Waals surface area contributed by atoms with E-state index in [0.717, 1.165) is 0 Å². The van der Waals surface area contributed by atoms with Crippen LogP contribution in [0.2, 0.25) is 0 Å². The molecular formula is C21H22N4O5. The second kappa shape index (κ2) is 8.32. The summed E-state index contributed by atoms with van der Waals surface area (Å²) in [5, 5.41) is 10.4. The number of benzene rings is 2. The molecule has 9 heteroatoms. The van der Waals surface area contributed by atoms with Crippen molar-refractivity contribution in [3.63, 3.8) is 0 Å². The van der Waals surface area contributed by atoms with Crippen LogP contribution in [0, 0.1) is 0 Å². The maximum Gasteiger partial charge on any atom is 0.275 e. The number of anilines is 1. The van der Waals surface area contributed by atoms with E-state index < -0.39 is 0 Å². The fraction of sp³-hybridized carbons (Fsp3) is 0.286. The molecule has 2 heterocycles. The number of nitrogens with zero attached hydrogens (tertiary/aromatic N) is 2. The highest BCUT2D eigenvalue weighted by Gasteiger charge is 2.23. The number of amides is 2. The van der Waals surface area contributed by atoms with E-state index in [0.29, 0.717) is 53.6 Å². The van der Waals surface area contributed by atoms with E-state index in [-0.39, 0.29) is 24.1 Å². The highest BCUT2D eigenvalue weighted by Crippen LogP contribution is 2.32. The molecule has 1 aliphatic rings. The van der Waals surface area contributed by atoms with Crippen molar-refractivity contribution in [1.29, 1.82) is 0 Å². The first-order chi connectivity index (χ1) is 14.6. The van der Waals surface area contributed by atoms with E-state index in [1.165, 1.54) is 4.90 Å². The summed E-state index contributed by atoms with van der Waals surface area (Å²) in [4.78, 5) is 27.0. The number of para-hydroxylation sites is 1. The molecule has 9 nitrogen and oxygen atoms in total. The molecule has 0 saturated heterocycles. The minimum absolute atomic E-state index is 0.109. The number of hydrogen-bond acceptors (Lipinski definition) is 6. The molecular weight excluding hydrogens is 388 g/mol. The molecule has 0 bridgehead atoms. The fourth-order valence-electron chi connectivity index (χ4n) is 3.32. The van der Waals surface area contributed by atoms with Crippen LogP contribution in [0.1, 0.15) is 17.4 Å². The van der Waals surface area contributed by atoms with Gasteiger partial charge in [-0.3, -0.25) is 14.7 Å². The Bertz CT molecular complexity index is 1090. The normalized spacial score (nSPS) is 12.5. The predicted molar refractivity (Wildman–Crippen MR) is 110 cm³/mol. The van der Waals surface area contributed by atoms with Gasteiger partial charge in [0.2, 0.25) is 5.91 Å². The summed E-state index contributed by atoms with van der Waals surface area (Å²) >= 11 is 0. The first-order valence-corrected chi connectivity index (χ1v) is 9.60. The largest absolute Gasteiger partial charge is 0.494 e. The molecule has 3 aromatic rings. The number of H-pyrrole nitrogens is 1. The smallest absolute Gasteiger partial charge is 0.275 e. The van der Waals surface area contributed by atoms with Crippen molar-refractivity contribution in [2.45, 2.75) is 6.92 Å². The summed E-state index contributed by atoms with van der Waals surface area (Å²) in [6.45, 7) is 3.02. The van der Waals surface area contributed by atoms with Crippen molar-refractivity contribution < 1.29 is 23.8 Å². The third-order valence-electron chi connectivity index (χ3n) is 4.81. The van der Waals surface area contributed by atoms with Crippen LogP contribution >= 0.6 is 0 Å². The number of ether oxygens (including phenoxy) is 3. The van der Waals surface area contributed by atoms with Gasteiger partial charge in [0.25, 0.3) is 5.91 Å². The lowest BCUT2D eigenvalue weighted by molar-refractivity contribution is -0.116. The van der Waals surface area contributed by atoms with E-state index in [2.05, 4.69) is 15.5 Å². The van der Waals surface area contributed by atoms with Crippen LogP contribution in [-0.4, -0.2) is 60.3 Å². The second-order valence-corrected chi connectivity index (χ2v) is 6.68. The second-order valence-electron chi connectivity index (χ2n) is 6.68. The predicted octanol–water partition coefficient (Wildman–Crippen LogP) is 2.44. The Balaban J connectivity index is 1.48. The average molecular weight is 410 g/mol. The van der Waals surface area contributed by atoms with Crippen LogP contribution in [0.5, 0.6) is 17.2 Å². The molecule has 0 spiro atoms. The highest BCUT2D eigenvalue weighted by atomic mass is 16.6. The minimum atomic E-state index is -0.339. The highest BCUT2D eigenvalue weighted by molar-refractivity contribution is 6.07. The molecule has 2 N–H and O–H groups in total. The van der Waals surface area contributed by atoms with Crippen molar-refractivity contribution in [3.8, 4) is 17.2 Å². The Morgan fingerprint density at radius 3 is 2.77 bits per heavy atom. The summed E-state index contributed by atoms with van der Waals surface area (Å²) in [6.07, 6.45) is 0. The number of likely N-dealkylation sites (N-methyl/N-ethyl adjacent to an activating group) is 1. The molecule has 0 aliphatic carbocycles. The van der Waals surface area contributed by atoms with Crippen LogP contribution in [0.4, 0.5) is 5.69 Å². The third kappa shape index (κ3) is 3.73. The number of nitrogens with one attached hydrogen (secondary N) is 2.